The zero-order valence-corrected chi connectivity index (χ0v) is 27.7. The predicted octanol–water partition coefficient (Wildman–Crippen LogP) is 6.69. The first-order chi connectivity index (χ1) is 18.5. The summed E-state index contributed by atoms with van der Waals surface area (Å²) in [4.78, 5) is 9.19. The Morgan fingerprint density at radius 3 is 1.58 bits per heavy atom. The number of piperazine rings is 2. The van der Waals surface area contributed by atoms with E-state index in [9.17, 15) is 0 Å². The van der Waals surface area contributed by atoms with Gasteiger partial charge in [-0.05, 0) is 40.0 Å². The maximum atomic E-state index is 5.75. The molecule has 2 heterocycles. The quantitative estimate of drug-likeness (QED) is 0.253. The van der Waals surface area contributed by atoms with Crippen LogP contribution in [-0.2, 0) is 5.75 Å². The predicted molar refractivity (Wildman–Crippen MR) is 189 cm³/mol. The molecule has 0 unspecified atom stereocenters. The third kappa shape index (κ3) is 9.64. The average molecular weight is 657 g/mol. The minimum Gasteiger partial charge on any atom is -0.354 e. The number of allylic oxidation sites excluding steroid dienone is 3. The van der Waals surface area contributed by atoms with Crippen molar-refractivity contribution in [1.82, 2.24) is 19.6 Å². The van der Waals surface area contributed by atoms with Crippen molar-refractivity contribution < 1.29 is 0 Å². The lowest BCUT2D eigenvalue weighted by molar-refractivity contribution is 0.271. The largest absolute Gasteiger partial charge is 0.354 e. The van der Waals surface area contributed by atoms with Gasteiger partial charge in [0.1, 0.15) is 17.3 Å². The Morgan fingerprint density at radius 2 is 1.11 bits per heavy atom. The van der Waals surface area contributed by atoms with E-state index in [1.165, 1.54) is 11.1 Å². The van der Waals surface area contributed by atoms with Crippen LogP contribution in [0.15, 0.2) is 54.1 Å². The van der Waals surface area contributed by atoms with Crippen LogP contribution in [0.1, 0.15) is 18.4 Å². The van der Waals surface area contributed by atoms with E-state index in [0.29, 0.717) is 0 Å². The number of nitrogens with zero attached hydrogens (tertiary/aromatic N) is 4. The second-order valence-corrected chi connectivity index (χ2v) is 15.6. The topological polar surface area (TPSA) is 13.0 Å². The van der Waals surface area contributed by atoms with Crippen LogP contribution in [0, 0.1) is 0 Å². The van der Waals surface area contributed by atoms with E-state index < -0.39 is 0 Å². The highest BCUT2D eigenvalue weighted by Crippen LogP contribution is 2.30. The molecule has 4 rings (SSSR count). The number of rotatable bonds is 4. The molecule has 3 aliphatic rings. The van der Waals surface area contributed by atoms with Gasteiger partial charge in [0.15, 0.2) is 0 Å². The fraction of sp³-hybridized carbons (Fsp3) is 0.462. The molecular formula is C26H32N4S8. The number of thiocarbonyl (C=S) groups is 4. The monoisotopic (exact) mass is 656 g/mol. The molecule has 2 aliphatic heterocycles. The Labute approximate surface area is 265 Å². The molecule has 0 spiro atoms. The van der Waals surface area contributed by atoms with Gasteiger partial charge in [-0.1, -0.05) is 127 Å². The molecule has 1 aromatic carbocycles. The molecule has 0 N–H and O–H groups in total. The summed E-state index contributed by atoms with van der Waals surface area (Å²) < 4.78 is 3.80. The maximum absolute atomic E-state index is 5.75. The second-order valence-electron chi connectivity index (χ2n) is 9.03. The van der Waals surface area contributed by atoms with E-state index in [0.717, 1.165) is 94.0 Å². The molecule has 38 heavy (non-hydrogen) atoms. The van der Waals surface area contributed by atoms with Crippen molar-refractivity contribution in [2.24, 2.45) is 0 Å². The Bertz CT molecular complexity index is 1040. The molecule has 12 heteroatoms. The van der Waals surface area contributed by atoms with Gasteiger partial charge in [0, 0.05) is 63.9 Å². The molecule has 2 saturated heterocycles. The molecule has 1 aromatic rings. The van der Waals surface area contributed by atoms with Gasteiger partial charge in [-0.15, -0.1) is 0 Å². The second kappa shape index (κ2) is 16.2. The third-order valence-corrected chi connectivity index (χ3v) is 13.4. The number of hydrogen-bond acceptors (Lipinski definition) is 8. The van der Waals surface area contributed by atoms with Crippen LogP contribution in [0.4, 0.5) is 0 Å². The highest BCUT2D eigenvalue weighted by molar-refractivity contribution is 8.89. The van der Waals surface area contributed by atoms with E-state index in [1.54, 1.807) is 45.1 Å². The maximum Gasteiger partial charge on any atom is 0.147 e. The van der Waals surface area contributed by atoms with Crippen molar-refractivity contribution in [2.75, 3.05) is 58.1 Å². The van der Waals surface area contributed by atoms with Gasteiger partial charge in [0.05, 0.1) is 0 Å². The summed E-state index contributed by atoms with van der Waals surface area (Å²) >= 11 is 26.4. The Hall–Kier alpha value is -0.340. The SMILES string of the molecule is S=C(SCC1=CC=CCC1)N1CCN(C(=S)SSC(=S)N2CCN(C(=S)SCc3ccccc3)CC2)CC1. The smallest absolute Gasteiger partial charge is 0.147 e. The molecule has 0 aromatic heterocycles. The van der Waals surface area contributed by atoms with Gasteiger partial charge in [0.25, 0.3) is 0 Å². The number of hydrogen-bond donors (Lipinski definition) is 0. The van der Waals surface area contributed by atoms with Crippen molar-refractivity contribution in [1.29, 1.82) is 0 Å². The fourth-order valence-electron chi connectivity index (χ4n) is 4.15. The Morgan fingerprint density at radius 1 is 0.632 bits per heavy atom. The fourth-order valence-corrected chi connectivity index (χ4v) is 9.39. The third-order valence-electron chi connectivity index (χ3n) is 6.46. The first-order valence-electron chi connectivity index (χ1n) is 12.6. The molecule has 0 atom stereocenters. The van der Waals surface area contributed by atoms with Gasteiger partial charge in [-0.25, -0.2) is 0 Å². The van der Waals surface area contributed by atoms with Crippen LogP contribution in [0.3, 0.4) is 0 Å². The Balaban J connectivity index is 1.09. The van der Waals surface area contributed by atoms with E-state index >= 15 is 0 Å². The van der Waals surface area contributed by atoms with Gasteiger partial charge in [-0.2, -0.15) is 0 Å². The lowest BCUT2D eigenvalue weighted by atomic mass is 10.1. The lowest BCUT2D eigenvalue weighted by Crippen LogP contribution is -2.49. The number of benzene rings is 1. The minimum atomic E-state index is 0.895. The first-order valence-corrected chi connectivity index (χ1v) is 18.4. The summed E-state index contributed by atoms with van der Waals surface area (Å²) in [5.74, 6) is 1.91. The summed E-state index contributed by atoms with van der Waals surface area (Å²) in [6.45, 7) is 7.26. The van der Waals surface area contributed by atoms with Crippen LogP contribution in [0.2, 0.25) is 0 Å². The van der Waals surface area contributed by atoms with Crippen molar-refractivity contribution in [3.05, 3.63) is 59.7 Å². The minimum absolute atomic E-state index is 0.895. The molecule has 0 amide bonds. The molecule has 0 saturated carbocycles. The molecule has 0 bridgehead atoms. The Kier molecular flexibility index (Phi) is 13.0. The molecule has 2 fully saturated rings. The first kappa shape index (κ1) is 30.6. The van der Waals surface area contributed by atoms with Gasteiger partial charge < -0.3 is 19.6 Å². The lowest BCUT2D eigenvalue weighted by Gasteiger charge is -2.38. The van der Waals surface area contributed by atoms with E-state index in [-0.39, 0.29) is 0 Å². The molecule has 204 valence electrons. The normalized spacial score (nSPS) is 17.8. The molecular weight excluding hydrogens is 625 g/mol. The zero-order chi connectivity index (χ0) is 26.7. The van der Waals surface area contributed by atoms with Crippen LogP contribution < -0.4 is 0 Å². The summed E-state index contributed by atoms with van der Waals surface area (Å²) in [6.07, 6.45) is 8.92. The number of thioether (sulfide) groups is 2. The van der Waals surface area contributed by atoms with Crippen LogP contribution in [0.25, 0.3) is 0 Å². The van der Waals surface area contributed by atoms with E-state index in [2.05, 4.69) is 62.1 Å². The standard InChI is InChI=1S/C26H32N4S8/c31-23(35-19-21-7-3-1-4-8-21)27-11-15-29(16-12-27)25(33)37-38-26(34)30-17-13-28(14-18-30)24(32)36-20-22-9-5-2-6-10-22/h1-5,7-9H,6,10-20H2. The van der Waals surface area contributed by atoms with Gasteiger partial charge in [0.2, 0.25) is 0 Å². The molecule has 4 nitrogen and oxygen atoms in total. The van der Waals surface area contributed by atoms with Crippen LogP contribution in [-0.4, -0.2) is 95.0 Å². The summed E-state index contributed by atoms with van der Waals surface area (Å²) in [7, 11) is 3.23. The van der Waals surface area contributed by atoms with E-state index in [1.807, 2.05) is 6.07 Å². The highest BCUT2D eigenvalue weighted by Gasteiger charge is 2.24. The average Bonchev–Trinajstić information content (AvgIpc) is 2.98. The van der Waals surface area contributed by atoms with E-state index in [4.69, 9.17) is 48.9 Å². The molecule has 0 radical (unpaired) electrons. The summed E-state index contributed by atoms with van der Waals surface area (Å²) in [6, 6.07) is 10.5. The highest BCUT2D eigenvalue weighted by atomic mass is 33.1. The van der Waals surface area contributed by atoms with Crippen molar-refractivity contribution in [3.63, 3.8) is 0 Å². The van der Waals surface area contributed by atoms with Gasteiger partial charge >= 0.3 is 0 Å². The summed E-state index contributed by atoms with van der Waals surface area (Å²) in [5.41, 5.74) is 2.78. The van der Waals surface area contributed by atoms with Crippen LogP contribution in [0.5, 0.6) is 0 Å². The van der Waals surface area contributed by atoms with Crippen molar-refractivity contribution in [2.45, 2.75) is 18.6 Å². The van der Waals surface area contributed by atoms with Crippen molar-refractivity contribution >= 4 is 111 Å². The van der Waals surface area contributed by atoms with Crippen molar-refractivity contribution in [3.8, 4) is 0 Å². The van der Waals surface area contributed by atoms with Crippen LogP contribution >= 0.6 is 94.0 Å². The summed E-state index contributed by atoms with van der Waals surface area (Å²) in [5, 5.41) is 0. The molecule has 1 aliphatic carbocycles. The zero-order valence-electron chi connectivity index (χ0n) is 21.2. The van der Waals surface area contributed by atoms with Gasteiger partial charge in [-0.3, -0.25) is 0 Å².